The molecule has 1 heterocycles. The number of likely N-dealkylation sites (N-methyl/N-ethyl adjacent to an activating group) is 1. The van der Waals surface area contributed by atoms with Gasteiger partial charge in [0.1, 0.15) is 0 Å². The summed E-state index contributed by atoms with van der Waals surface area (Å²) in [6, 6.07) is 0.0549. The van der Waals surface area contributed by atoms with Gasteiger partial charge in [0.15, 0.2) is 0 Å². The van der Waals surface area contributed by atoms with Gasteiger partial charge in [-0.2, -0.15) is 11.8 Å². The summed E-state index contributed by atoms with van der Waals surface area (Å²) in [7, 11) is 1.87. The lowest BCUT2D eigenvalue weighted by Crippen LogP contribution is -2.46. The van der Waals surface area contributed by atoms with E-state index in [2.05, 4.69) is 0 Å². The number of nitrogens with zero attached hydrogens (tertiary/aromatic N) is 1. The Morgan fingerprint density at radius 3 is 2.54 bits per heavy atom. The summed E-state index contributed by atoms with van der Waals surface area (Å²) in [5.74, 6) is 2.40. The molecule has 4 heteroatoms. The molecule has 0 aromatic heterocycles. The van der Waals surface area contributed by atoms with Gasteiger partial charge in [0.2, 0.25) is 5.91 Å². The summed E-state index contributed by atoms with van der Waals surface area (Å²) in [6.07, 6.45) is 2.22. The third-order valence-electron chi connectivity index (χ3n) is 2.48. The van der Waals surface area contributed by atoms with Crippen LogP contribution in [0.25, 0.3) is 0 Å². The molecule has 0 aromatic rings. The lowest BCUT2D eigenvalue weighted by Gasteiger charge is -2.32. The average molecular weight is 202 g/mol. The van der Waals surface area contributed by atoms with E-state index >= 15 is 0 Å². The first-order chi connectivity index (χ1) is 6.13. The van der Waals surface area contributed by atoms with Crippen molar-refractivity contribution >= 4 is 17.7 Å². The van der Waals surface area contributed by atoms with Gasteiger partial charge in [-0.15, -0.1) is 0 Å². The Balaban J connectivity index is 2.45. The van der Waals surface area contributed by atoms with Gasteiger partial charge in [-0.1, -0.05) is 0 Å². The molecule has 1 aliphatic rings. The van der Waals surface area contributed by atoms with Crippen molar-refractivity contribution in [3.05, 3.63) is 0 Å². The Bertz CT molecular complexity index is 178. The monoisotopic (exact) mass is 202 g/mol. The number of nitrogens with two attached hydrogens (primary N) is 1. The van der Waals surface area contributed by atoms with Gasteiger partial charge < -0.3 is 10.6 Å². The van der Waals surface area contributed by atoms with Crippen molar-refractivity contribution in [1.82, 2.24) is 4.90 Å². The van der Waals surface area contributed by atoms with Crippen LogP contribution in [-0.2, 0) is 4.79 Å². The van der Waals surface area contributed by atoms with Crippen LogP contribution in [0, 0.1) is 0 Å². The van der Waals surface area contributed by atoms with E-state index in [4.69, 9.17) is 5.73 Å². The van der Waals surface area contributed by atoms with E-state index in [1.54, 1.807) is 6.92 Å². The topological polar surface area (TPSA) is 46.3 Å². The third kappa shape index (κ3) is 2.88. The van der Waals surface area contributed by atoms with E-state index in [1.807, 2.05) is 23.7 Å². The number of thioether (sulfide) groups is 1. The zero-order valence-electron chi connectivity index (χ0n) is 8.32. The van der Waals surface area contributed by atoms with Crippen LogP contribution < -0.4 is 5.73 Å². The zero-order chi connectivity index (χ0) is 9.84. The second-order valence-electron chi connectivity index (χ2n) is 3.58. The summed E-state index contributed by atoms with van der Waals surface area (Å²) in [4.78, 5) is 13.4. The normalized spacial score (nSPS) is 21.2. The zero-order valence-corrected chi connectivity index (χ0v) is 9.14. The van der Waals surface area contributed by atoms with Crippen LogP contribution in [0.15, 0.2) is 0 Å². The third-order valence-corrected chi connectivity index (χ3v) is 3.52. The van der Waals surface area contributed by atoms with Crippen molar-refractivity contribution in [2.75, 3.05) is 18.6 Å². The second-order valence-corrected chi connectivity index (χ2v) is 4.81. The highest BCUT2D eigenvalue weighted by Crippen LogP contribution is 2.20. The van der Waals surface area contributed by atoms with Crippen LogP contribution in [0.2, 0.25) is 0 Å². The summed E-state index contributed by atoms with van der Waals surface area (Å²) in [6.45, 7) is 1.75. The van der Waals surface area contributed by atoms with Crippen LogP contribution in [0.4, 0.5) is 0 Å². The van der Waals surface area contributed by atoms with Crippen LogP contribution >= 0.6 is 11.8 Å². The van der Waals surface area contributed by atoms with Crippen LogP contribution in [0.1, 0.15) is 19.8 Å². The first kappa shape index (κ1) is 10.9. The molecule has 0 bridgehead atoms. The van der Waals surface area contributed by atoms with Gasteiger partial charge in [0.25, 0.3) is 0 Å². The Morgan fingerprint density at radius 1 is 1.54 bits per heavy atom. The van der Waals surface area contributed by atoms with Crippen molar-refractivity contribution in [2.45, 2.75) is 31.8 Å². The Morgan fingerprint density at radius 2 is 2.08 bits per heavy atom. The van der Waals surface area contributed by atoms with Crippen LogP contribution in [0.5, 0.6) is 0 Å². The molecule has 0 aliphatic carbocycles. The summed E-state index contributed by atoms with van der Waals surface area (Å²) in [5, 5.41) is 0. The number of hydrogen-bond donors (Lipinski definition) is 1. The second kappa shape index (κ2) is 4.86. The molecule has 0 radical (unpaired) electrons. The Labute approximate surface area is 84.0 Å². The van der Waals surface area contributed by atoms with Gasteiger partial charge in [-0.3, -0.25) is 4.79 Å². The molecule has 2 N–H and O–H groups in total. The van der Waals surface area contributed by atoms with Gasteiger partial charge in [0.05, 0.1) is 6.04 Å². The van der Waals surface area contributed by atoms with E-state index in [0.29, 0.717) is 6.04 Å². The predicted molar refractivity (Wildman–Crippen MR) is 56.8 cm³/mol. The fourth-order valence-electron chi connectivity index (χ4n) is 1.57. The summed E-state index contributed by atoms with van der Waals surface area (Å²) in [5.41, 5.74) is 5.55. The van der Waals surface area contributed by atoms with E-state index in [1.165, 1.54) is 11.5 Å². The molecule has 0 unspecified atom stereocenters. The maximum absolute atomic E-state index is 11.5. The molecule has 1 atom stereocenters. The maximum atomic E-state index is 11.5. The molecule has 0 saturated carbocycles. The Kier molecular flexibility index (Phi) is 4.06. The molecular weight excluding hydrogens is 184 g/mol. The number of hydrogen-bond acceptors (Lipinski definition) is 3. The largest absolute Gasteiger partial charge is 0.341 e. The number of rotatable bonds is 2. The minimum absolute atomic E-state index is 0.0666. The van der Waals surface area contributed by atoms with Gasteiger partial charge >= 0.3 is 0 Å². The fraction of sp³-hybridized carbons (Fsp3) is 0.889. The molecule has 1 rings (SSSR count). The summed E-state index contributed by atoms with van der Waals surface area (Å²) < 4.78 is 0. The number of carbonyl (C=O) groups is 1. The number of amides is 1. The molecule has 76 valence electrons. The quantitative estimate of drug-likeness (QED) is 0.716. The highest BCUT2D eigenvalue weighted by Gasteiger charge is 2.23. The van der Waals surface area contributed by atoms with Crippen LogP contribution in [0.3, 0.4) is 0 Å². The molecule has 0 spiro atoms. The van der Waals surface area contributed by atoms with E-state index in [9.17, 15) is 4.79 Å². The highest BCUT2D eigenvalue weighted by atomic mass is 32.2. The Hall–Kier alpha value is -0.220. The van der Waals surface area contributed by atoms with Crippen molar-refractivity contribution in [3.63, 3.8) is 0 Å². The number of carbonyl (C=O) groups excluding carboxylic acids is 1. The molecule has 0 aromatic carbocycles. The molecule has 13 heavy (non-hydrogen) atoms. The van der Waals surface area contributed by atoms with E-state index < -0.39 is 0 Å². The highest BCUT2D eigenvalue weighted by molar-refractivity contribution is 7.99. The standard InChI is InChI=1S/C9H18N2OS/c1-7(10)9(12)11(2)8-3-5-13-6-4-8/h7-8H,3-6,10H2,1-2H3/t7-/m1/s1. The first-order valence-corrected chi connectivity index (χ1v) is 5.88. The van der Waals surface area contributed by atoms with Gasteiger partial charge in [0, 0.05) is 13.1 Å². The van der Waals surface area contributed by atoms with E-state index in [-0.39, 0.29) is 11.9 Å². The minimum Gasteiger partial charge on any atom is -0.341 e. The summed E-state index contributed by atoms with van der Waals surface area (Å²) >= 11 is 1.97. The average Bonchev–Trinajstić information content (AvgIpc) is 2.17. The molecule has 1 amide bonds. The first-order valence-electron chi connectivity index (χ1n) is 4.73. The maximum Gasteiger partial charge on any atom is 0.239 e. The van der Waals surface area contributed by atoms with Gasteiger partial charge in [-0.25, -0.2) is 0 Å². The SMILES string of the molecule is C[C@@H](N)C(=O)N(C)C1CCSCC1. The van der Waals surface area contributed by atoms with Crippen LogP contribution in [-0.4, -0.2) is 41.4 Å². The predicted octanol–water partition coefficient (Wildman–Crippen LogP) is 0.688. The van der Waals surface area contributed by atoms with Crippen molar-refractivity contribution in [3.8, 4) is 0 Å². The molecular formula is C9H18N2OS. The molecule has 1 saturated heterocycles. The molecule has 1 fully saturated rings. The van der Waals surface area contributed by atoms with E-state index in [0.717, 1.165) is 12.8 Å². The molecule has 1 aliphatic heterocycles. The minimum atomic E-state index is -0.362. The smallest absolute Gasteiger partial charge is 0.239 e. The van der Waals surface area contributed by atoms with Crippen molar-refractivity contribution in [2.24, 2.45) is 5.73 Å². The fourth-order valence-corrected chi connectivity index (χ4v) is 2.66. The van der Waals surface area contributed by atoms with Crippen molar-refractivity contribution < 1.29 is 4.79 Å². The molecule has 3 nitrogen and oxygen atoms in total. The van der Waals surface area contributed by atoms with Gasteiger partial charge in [-0.05, 0) is 31.3 Å². The van der Waals surface area contributed by atoms with Crippen molar-refractivity contribution in [1.29, 1.82) is 0 Å². The lowest BCUT2D eigenvalue weighted by atomic mass is 10.1. The lowest BCUT2D eigenvalue weighted by molar-refractivity contribution is -0.133.